The number of aliphatic hydroxyl groups is 3. The number of aliphatic hydroxyl groups excluding tert-OH is 3. The Morgan fingerprint density at radius 2 is 1.67 bits per heavy atom. The second-order valence-electron chi connectivity index (χ2n) is 6.99. The molecular weight excluding hydrogens is 400 g/mol. The van der Waals surface area contributed by atoms with Crippen molar-refractivity contribution in [1.82, 2.24) is 0 Å². The summed E-state index contributed by atoms with van der Waals surface area (Å²) in [6.07, 6.45) is -4.86. The second-order valence-corrected chi connectivity index (χ2v) is 6.99. The van der Waals surface area contributed by atoms with E-state index < -0.39 is 43.1 Å². The number of hydrogen-bond donors (Lipinski definition) is 7. The molecule has 4 rings (SSSR count). The van der Waals surface area contributed by atoms with Crippen molar-refractivity contribution in [1.29, 1.82) is 0 Å². The number of phenolic OH excluding ortho intramolecular Hbond substituents is 4. The van der Waals surface area contributed by atoms with E-state index in [9.17, 15) is 35.7 Å². The highest BCUT2D eigenvalue weighted by molar-refractivity contribution is 5.69. The fourth-order valence-electron chi connectivity index (χ4n) is 3.37. The van der Waals surface area contributed by atoms with Crippen LogP contribution >= 0.6 is 0 Å². The van der Waals surface area contributed by atoms with Crippen molar-refractivity contribution in [2.24, 2.45) is 0 Å². The lowest BCUT2D eigenvalue weighted by molar-refractivity contribution is -0.154. The van der Waals surface area contributed by atoms with Gasteiger partial charge < -0.3 is 50.0 Å². The van der Waals surface area contributed by atoms with Gasteiger partial charge in [0, 0.05) is 17.7 Å². The Morgan fingerprint density at radius 3 is 2.33 bits per heavy atom. The fourth-order valence-corrected chi connectivity index (χ4v) is 3.37. The molecule has 160 valence electrons. The summed E-state index contributed by atoms with van der Waals surface area (Å²) in [6, 6.07) is 6.33. The van der Waals surface area contributed by atoms with Crippen molar-refractivity contribution in [2.75, 3.05) is 6.61 Å². The highest BCUT2D eigenvalue weighted by Gasteiger charge is 2.45. The Balaban J connectivity index is 1.74. The quantitative estimate of drug-likeness (QED) is 0.345. The second kappa shape index (κ2) is 7.58. The van der Waals surface area contributed by atoms with Crippen molar-refractivity contribution in [3.8, 4) is 28.7 Å². The smallest absolute Gasteiger partial charge is 0.228 e. The van der Waals surface area contributed by atoms with Crippen molar-refractivity contribution >= 4 is 6.08 Å². The number of ether oxygens (including phenoxy) is 3. The van der Waals surface area contributed by atoms with Crippen LogP contribution in [0.2, 0.25) is 0 Å². The van der Waals surface area contributed by atoms with E-state index in [1.54, 1.807) is 0 Å². The third-order valence-electron chi connectivity index (χ3n) is 4.95. The van der Waals surface area contributed by atoms with E-state index >= 15 is 0 Å². The molecule has 1 unspecified atom stereocenters. The topological polar surface area (TPSA) is 169 Å². The molecule has 0 amide bonds. The van der Waals surface area contributed by atoms with Gasteiger partial charge in [0.25, 0.3) is 0 Å². The first-order chi connectivity index (χ1) is 14.3. The molecule has 2 aromatic carbocycles. The Labute approximate surface area is 170 Å². The molecule has 0 bridgehead atoms. The van der Waals surface area contributed by atoms with E-state index in [1.807, 2.05) is 0 Å². The molecule has 2 heterocycles. The van der Waals surface area contributed by atoms with Crippen LogP contribution in [-0.2, 0) is 9.47 Å². The summed E-state index contributed by atoms with van der Waals surface area (Å²) in [5.41, 5.74) is 0.533. The average molecular weight is 420 g/mol. The molecule has 2 aliphatic rings. The van der Waals surface area contributed by atoms with Gasteiger partial charge in [-0.3, -0.25) is 0 Å². The minimum atomic E-state index is -1.47. The first kappa shape index (κ1) is 20.1. The maximum Gasteiger partial charge on any atom is 0.228 e. The number of aromatic hydroxyl groups is 4. The largest absolute Gasteiger partial charge is 0.508 e. The van der Waals surface area contributed by atoms with Crippen LogP contribution in [-0.4, -0.2) is 67.0 Å². The fraction of sp³-hybridized carbons (Fsp3) is 0.300. The van der Waals surface area contributed by atoms with E-state index in [0.29, 0.717) is 5.56 Å². The van der Waals surface area contributed by atoms with Crippen molar-refractivity contribution in [3.05, 3.63) is 47.2 Å². The zero-order valence-electron chi connectivity index (χ0n) is 15.4. The van der Waals surface area contributed by atoms with Gasteiger partial charge in [0.1, 0.15) is 41.3 Å². The summed E-state index contributed by atoms with van der Waals surface area (Å²) < 4.78 is 16.9. The Bertz CT molecular complexity index is 988. The Kier molecular flexibility index (Phi) is 5.08. The van der Waals surface area contributed by atoms with Crippen LogP contribution in [0, 0.1) is 0 Å². The van der Waals surface area contributed by atoms with E-state index in [-0.39, 0.29) is 34.3 Å². The number of hydrogen-bond acceptors (Lipinski definition) is 10. The highest BCUT2D eigenvalue weighted by atomic mass is 16.7. The SMILES string of the molecule is OC[C@H]1O[C@@H](OC2=Cc3c(O)cc(O)cc3OC2c2ccc(O)c(O)c2)[C@H](O)[C@H]1O. The lowest BCUT2D eigenvalue weighted by Gasteiger charge is -2.30. The molecule has 0 aliphatic carbocycles. The normalized spacial score (nSPS) is 27.8. The van der Waals surface area contributed by atoms with Gasteiger partial charge in [-0.1, -0.05) is 6.07 Å². The van der Waals surface area contributed by atoms with Crippen LogP contribution in [0.3, 0.4) is 0 Å². The standard InChI is InChI=1S/C20H20O10/c21-7-16-17(26)18(27)20(30-16)29-15-6-10-12(24)4-9(22)5-14(10)28-19(15)8-1-2-11(23)13(25)3-8/h1-6,16-27H,7H2/t16-,17+,18-,19?,20-/m1/s1. The average Bonchev–Trinajstić information content (AvgIpc) is 2.98. The molecule has 1 saturated heterocycles. The van der Waals surface area contributed by atoms with Gasteiger partial charge in [0.2, 0.25) is 6.29 Å². The molecule has 1 fully saturated rings. The van der Waals surface area contributed by atoms with E-state index in [1.165, 1.54) is 30.3 Å². The van der Waals surface area contributed by atoms with Crippen molar-refractivity contribution < 1.29 is 50.0 Å². The zero-order valence-corrected chi connectivity index (χ0v) is 15.4. The number of fused-ring (bicyclic) bond motifs is 1. The predicted molar refractivity (Wildman–Crippen MR) is 99.7 cm³/mol. The Hall–Kier alpha value is -3.18. The number of rotatable bonds is 4. The third kappa shape index (κ3) is 3.46. The molecular formula is C20H20O10. The van der Waals surface area contributed by atoms with Gasteiger partial charge in [-0.2, -0.15) is 0 Å². The number of phenols is 4. The summed E-state index contributed by atoms with van der Waals surface area (Å²) in [5.74, 6) is -1.12. The molecule has 5 atom stereocenters. The summed E-state index contributed by atoms with van der Waals surface area (Å²) in [5, 5.41) is 68.7. The van der Waals surface area contributed by atoms with Crippen LogP contribution in [0.1, 0.15) is 17.2 Å². The molecule has 0 saturated carbocycles. The van der Waals surface area contributed by atoms with E-state index in [4.69, 9.17) is 14.2 Å². The molecule has 7 N–H and O–H groups in total. The summed E-state index contributed by atoms with van der Waals surface area (Å²) in [4.78, 5) is 0. The predicted octanol–water partition coefficient (Wildman–Crippen LogP) is 0.439. The maximum atomic E-state index is 10.2. The molecule has 30 heavy (non-hydrogen) atoms. The van der Waals surface area contributed by atoms with Gasteiger partial charge in [0.05, 0.1) is 12.2 Å². The highest BCUT2D eigenvalue weighted by Crippen LogP contribution is 2.45. The summed E-state index contributed by atoms with van der Waals surface area (Å²) in [7, 11) is 0. The third-order valence-corrected chi connectivity index (χ3v) is 4.95. The van der Waals surface area contributed by atoms with Crippen LogP contribution < -0.4 is 4.74 Å². The van der Waals surface area contributed by atoms with Crippen LogP contribution in [0.25, 0.3) is 6.08 Å². The van der Waals surface area contributed by atoms with Gasteiger partial charge in [-0.25, -0.2) is 0 Å². The molecule has 0 spiro atoms. The molecule has 10 heteroatoms. The molecule has 2 aromatic rings. The summed E-state index contributed by atoms with van der Waals surface area (Å²) >= 11 is 0. The van der Waals surface area contributed by atoms with Crippen LogP contribution in [0.5, 0.6) is 28.7 Å². The van der Waals surface area contributed by atoms with Gasteiger partial charge >= 0.3 is 0 Å². The minimum absolute atomic E-state index is 0.0448. The van der Waals surface area contributed by atoms with Crippen molar-refractivity contribution in [2.45, 2.75) is 30.7 Å². The molecule has 2 aliphatic heterocycles. The maximum absolute atomic E-state index is 10.2. The summed E-state index contributed by atoms with van der Waals surface area (Å²) in [6.45, 7) is -0.536. The van der Waals surface area contributed by atoms with Gasteiger partial charge in [-0.05, 0) is 18.2 Å². The lowest BCUT2D eigenvalue weighted by atomic mass is 10.0. The van der Waals surface area contributed by atoms with Crippen LogP contribution in [0.15, 0.2) is 36.1 Å². The van der Waals surface area contributed by atoms with Gasteiger partial charge in [0.15, 0.2) is 17.6 Å². The Morgan fingerprint density at radius 1 is 0.900 bits per heavy atom. The first-order valence-electron chi connectivity index (χ1n) is 9.03. The number of benzene rings is 2. The lowest BCUT2D eigenvalue weighted by Crippen LogP contribution is -2.35. The molecule has 10 nitrogen and oxygen atoms in total. The van der Waals surface area contributed by atoms with Crippen LogP contribution in [0.4, 0.5) is 0 Å². The minimum Gasteiger partial charge on any atom is -0.508 e. The van der Waals surface area contributed by atoms with E-state index in [0.717, 1.165) is 6.07 Å². The molecule has 0 radical (unpaired) electrons. The molecule has 0 aromatic heterocycles. The van der Waals surface area contributed by atoms with E-state index in [2.05, 4.69) is 0 Å². The monoisotopic (exact) mass is 420 g/mol. The van der Waals surface area contributed by atoms with Gasteiger partial charge in [-0.15, -0.1) is 0 Å². The first-order valence-corrected chi connectivity index (χ1v) is 9.03. The zero-order chi connectivity index (χ0) is 21.6. The van der Waals surface area contributed by atoms with Crippen molar-refractivity contribution in [3.63, 3.8) is 0 Å².